The number of nitrogens with two attached hydrogens (primary N) is 1. The Labute approximate surface area is 208 Å². The predicted octanol–water partition coefficient (Wildman–Crippen LogP) is 3.39. The van der Waals surface area contributed by atoms with Gasteiger partial charge in [0.25, 0.3) is 0 Å². The van der Waals surface area contributed by atoms with Gasteiger partial charge in [-0.15, -0.1) is 10.2 Å². The molecule has 5 rings (SSSR count). The smallest absolute Gasteiger partial charge is 0.218 e. The van der Waals surface area contributed by atoms with Crippen molar-refractivity contribution in [2.45, 2.75) is 25.2 Å². The summed E-state index contributed by atoms with van der Waals surface area (Å²) in [5.41, 5.74) is 10.1. The van der Waals surface area contributed by atoms with Gasteiger partial charge in [-0.05, 0) is 25.0 Å². The Hall–Kier alpha value is -4.26. The van der Waals surface area contributed by atoms with Crippen LogP contribution < -0.4 is 10.6 Å². The molecule has 0 aliphatic carbocycles. The second-order valence-corrected chi connectivity index (χ2v) is 8.90. The van der Waals surface area contributed by atoms with E-state index in [2.05, 4.69) is 31.1 Å². The SMILES string of the molecule is Cn1cnnc1C1CCN(c2c(-c3ccc(F)nc3)ccc(C(=CN)C3=NCCCO3)c2C#N)CC1. The third-order valence-electron chi connectivity index (χ3n) is 6.73. The van der Waals surface area contributed by atoms with E-state index in [1.54, 1.807) is 12.4 Å². The lowest BCUT2D eigenvalue weighted by Gasteiger charge is -2.35. The summed E-state index contributed by atoms with van der Waals surface area (Å²) in [4.78, 5) is 10.5. The van der Waals surface area contributed by atoms with Gasteiger partial charge in [0.15, 0.2) is 0 Å². The van der Waals surface area contributed by atoms with Gasteiger partial charge in [-0.3, -0.25) is 4.99 Å². The van der Waals surface area contributed by atoms with Crippen LogP contribution in [0.3, 0.4) is 0 Å². The van der Waals surface area contributed by atoms with E-state index >= 15 is 0 Å². The van der Waals surface area contributed by atoms with Crippen LogP contribution in [0.25, 0.3) is 16.7 Å². The Morgan fingerprint density at radius 1 is 1.25 bits per heavy atom. The average molecular weight is 487 g/mol. The Kier molecular flexibility index (Phi) is 6.62. The summed E-state index contributed by atoms with van der Waals surface area (Å²) >= 11 is 0. The highest BCUT2D eigenvalue weighted by atomic mass is 19.1. The Balaban J connectivity index is 1.58. The molecule has 0 bridgehead atoms. The maximum Gasteiger partial charge on any atom is 0.218 e. The van der Waals surface area contributed by atoms with Crippen LogP contribution in [0.5, 0.6) is 0 Å². The van der Waals surface area contributed by atoms with Crippen molar-refractivity contribution in [1.82, 2.24) is 19.7 Å². The number of pyridine rings is 1. The first-order valence-corrected chi connectivity index (χ1v) is 12.0. The van der Waals surface area contributed by atoms with Crippen LogP contribution in [0.1, 0.15) is 42.1 Å². The van der Waals surface area contributed by atoms with Crippen molar-refractivity contribution in [3.8, 4) is 17.2 Å². The molecular formula is C26H27FN8O. The van der Waals surface area contributed by atoms with Crippen LogP contribution in [-0.4, -0.2) is 51.9 Å². The predicted molar refractivity (Wildman–Crippen MR) is 135 cm³/mol. The molecule has 0 spiro atoms. The van der Waals surface area contributed by atoms with Crippen LogP contribution in [0, 0.1) is 17.3 Å². The molecule has 2 N–H and O–H groups in total. The van der Waals surface area contributed by atoms with Crippen molar-refractivity contribution in [2.24, 2.45) is 17.8 Å². The van der Waals surface area contributed by atoms with Gasteiger partial charge in [0.1, 0.15) is 18.2 Å². The zero-order valence-electron chi connectivity index (χ0n) is 20.1. The molecule has 1 saturated heterocycles. The maximum absolute atomic E-state index is 13.6. The fourth-order valence-electron chi connectivity index (χ4n) is 4.95. The van der Waals surface area contributed by atoms with Gasteiger partial charge in [0.2, 0.25) is 11.8 Å². The lowest BCUT2D eigenvalue weighted by Crippen LogP contribution is -2.34. The summed E-state index contributed by atoms with van der Waals surface area (Å²) in [5, 5.41) is 18.7. The van der Waals surface area contributed by atoms with Gasteiger partial charge in [-0.2, -0.15) is 9.65 Å². The number of nitrogens with zero attached hydrogens (tertiary/aromatic N) is 7. The van der Waals surface area contributed by atoms with E-state index in [9.17, 15) is 9.65 Å². The molecule has 184 valence electrons. The Bertz CT molecular complexity index is 1350. The molecule has 4 heterocycles. The molecule has 0 saturated carbocycles. The van der Waals surface area contributed by atoms with E-state index in [1.807, 2.05) is 23.7 Å². The Morgan fingerprint density at radius 2 is 2.08 bits per heavy atom. The molecule has 2 aliphatic rings. The molecule has 36 heavy (non-hydrogen) atoms. The molecule has 0 radical (unpaired) electrons. The third kappa shape index (κ3) is 4.40. The quantitative estimate of drug-likeness (QED) is 0.549. The van der Waals surface area contributed by atoms with E-state index in [-0.39, 0.29) is 5.92 Å². The van der Waals surface area contributed by atoms with E-state index in [4.69, 9.17) is 10.5 Å². The second kappa shape index (κ2) is 10.2. The van der Waals surface area contributed by atoms with Gasteiger partial charge in [0, 0.05) is 68.1 Å². The number of aromatic nitrogens is 4. The summed E-state index contributed by atoms with van der Waals surface area (Å²) in [6.07, 6.45) is 7.22. The van der Waals surface area contributed by atoms with Crippen LogP contribution in [0.4, 0.5) is 10.1 Å². The van der Waals surface area contributed by atoms with Crippen molar-refractivity contribution >= 4 is 17.2 Å². The van der Waals surface area contributed by atoms with Gasteiger partial charge < -0.3 is 19.9 Å². The monoisotopic (exact) mass is 486 g/mol. The van der Waals surface area contributed by atoms with Crippen molar-refractivity contribution in [3.05, 3.63) is 65.9 Å². The fraction of sp³-hybridized carbons (Fsp3) is 0.346. The largest absolute Gasteiger partial charge is 0.477 e. The van der Waals surface area contributed by atoms with Crippen LogP contribution in [0.2, 0.25) is 0 Å². The number of aryl methyl sites for hydroxylation is 1. The van der Waals surface area contributed by atoms with Crippen molar-refractivity contribution < 1.29 is 9.13 Å². The molecule has 2 aromatic heterocycles. The zero-order valence-corrected chi connectivity index (χ0v) is 20.1. The number of hydrogen-bond donors (Lipinski definition) is 1. The summed E-state index contributed by atoms with van der Waals surface area (Å²) < 4.78 is 21.3. The number of anilines is 1. The molecule has 1 aromatic carbocycles. The molecule has 0 atom stereocenters. The number of rotatable bonds is 5. The lowest BCUT2D eigenvalue weighted by atomic mass is 9.90. The van der Waals surface area contributed by atoms with E-state index in [0.29, 0.717) is 35.7 Å². The van der Waals surface area contributed by atoms with Gasteiger partial charge in [-0.1, -0.05) is 12.1 Å². The number of piperidine rings is 1. The highest BCUT2D eigenvalue weighted by Gasteiger charge is 2.29. The first-order valence-electron chi connectivity index (χ1n) is 12.0. The standard InChI is InChI=1S/C26H27FN8O/c1-34-16-32-33-25(34)17-7-10-35(11-8-17)24-19(18-3-6-23(27)31-15-18)4-5-20(21(24)13-28)22(14-29)26-30-9-2-12-36-26/h3-6,14-17H,2,7-12,29H2,1H3. The first kappa shape index (κ1) is 23.5. The number of nitriles is 1. The maximum atomic E-state index is 13.6. The summed E-state index contributed by atoms with van der Waals surface area (Å²) in [7, 11) is 1.95. The van der Waals surface area contributed by atoms with Crippen molar-refractivity contribution in [2.75, 3.05) is 31.1 Å². The van der Waals surface area contributed by atoms with E-state index in [0.717, 1.165) is 55.0 Å². The highest BCUT2D eigenvalue weighted by molar-refractivity contribution is 6.20. The normalized spacial score (nSPS) is 16.9. The van der Waals surface area contributed by atoms with Gasteiger partial charge >= 0.3 is 0 Å². The second-order valence-electron chi connectivity index (χ2n) is 8.90. The average Bonchev–Trinajstić information content (AvgIpc) is 3.35. The highest BCUT2D eigenvalue weighted by Crippen LogP contribution is 2.40. The van der Waals surface area contributed by atoms with Crippen LogP contribution in [-0.2, 0) is 11.8 Å². The van der Waals surface area contributed by atoms with Crippen molar-refractivity contribution in [3.63, 3.8) is 0 Å². The topological polar surface area (TPSA) is 118 Å². The fourth-order valence-corrected chi connectivity index (χ4v) is 4.95. The molecule has 1 fully saturated rings. The lowest BCUT2D eigenvalue weighted by molar-refractivity contribution is 0.287. The number of aliphatic imine (C=N–C) groups is 1. The number of hydrogen-bond acceptors (Lipinski definition) is 8. The van der Waals surface area contributed by atoms with Crippen molar-refractivity contribution in [1.29, 1.82) is 5.26 Å². The van der Waals surface area contributed by atoms with Gasteiger partial charge in [0.05, 0.1) is 23.4 Å². The van der Waals surface area contributed by atoms with E-state index < -0.39 is 5.95 Å². The molecular weight excluding hydrogens is 459 g/mol. The minimum atomic E-state index is -0.553. The van der Waals surface area contributed by atoms with Crippen LogP contribution in [0.15, 0.2) is 48.0 Å². The summed E-state index contributed by atoms with van der Waals surface area (Å²) in [6, 6.07) is 9.21. The molecule has 3 aromatic rings. The number of halogens is 1. The first-order chi connectivity index (χ1) is 17.6. The van der Waals surface area contributed by atoms with Gasteiger partial charge in [-0.25, -0.2) is 4.98 Å². The van der Waals surface area contributed by atoms with E-state index in [1.165, 1.54) is 18.5 Å². The molecule has 0 unspecified atom stereocenters. The summed E-state index contributed by atoms with van der Waals surface area (Å²) in [5.74, 6) is 1.14. The third-order valence-corrected chi connectivity index (χ3v) is 6.73. The molecule has 0 amide bonds. The number of ether oxygens (including phenoxy) is 1. The number of benzene rings is 1. The minimum absolute atomic E-state index is 0.280. The Morgan fingerprint density at radius 3 is 2.69 bits per heavy atom. The van der Waals surface area contributed by atoms with Crippen LogP contribution >= 0.6 is 0 Å². The minimum Gasteiger partial charge on any atom is -0.477 e. The molecule has 9 nitrogen and oxygen atoms in total. The summed E-state index contributed by atoms with van der Waals surface area (Å²) in [6.45, 7) is 2.64. The molecule has 10 heteroatoms. The molecule has 2 aliphatic heterocycles. The zero-order chi connectivity index (χ0) is 25.1.